The van der Waals surface area contributed by atoms with E-state index in [0.29, 0.717) is 12.5 Å². The summed E-state index contributed by atoms with van der Waals surface area (Å²) in [6.45, 7) is 4.92. The van der Waals surface area contributed by atoms with Crippen molar-refractivity contribution in [2.75, 3.05) is 19.7 Å². The topological polar surface area (TPSA) is 51.7 Å². The van der Waals surface area contributed by atoms with Gasteiger partial charge in [-0.15, -0.1) is 0 Å². The predicted molar refractivity (Wildman–Crippen MR) is 113 cm³/mol. The summed E-state index contributed by atoms with van der Waals surface area (Å²) in [5.74, 6) is 2.89. The lowest BCUT2D eigenvalue weighted by molar-refractivity contribution is -0.212. The molecule has 7 rings (SSSR count). The third kappa shape index (κ3) is 3.29. The molecule has 0 unspecified atom stereocenters. The highest BCUT2D eigenvalue weighted by atomic mass is 16.5. The number of aryl methyl sites for hydroxylation is 1. The maximum Gasteiger partial charge on any atom is 0.229 e. The van der Waals surface area contributed by atoms with Gasteiger partial charge in [0.15, 0.2) is 0 Å². The number of aromatic nitrogens is 1. The first-order valence-corrected chi connectivity index (χ1v) is 12.0. The zero-order chi connectivity index (χ0) is 20.3. The van der Waals surface area contributed by atoms with E-state index in [-0.39, 0.29) is 17.1 Å². The summed E-state index contributed by atoms with van der Waals surface area (Å²) in [6, 6.07) is 2.14. The average molecular weight is 411 g/mol. The standard InChI is InChI=1S/C25H34N2O3/c1-17-4-21(13-26-12-17)14-29-22-2-3-30-25(11-22)15-27(16-25)23(28)24-8-18-5-19(9-24)7-20(6-18)10-24/h4,12-13,18-20,22H,2-3,5-11,14-16H2,1H3/t18?,19?,20?,22-,24?/m1/s1. The molecule has 4 bridgehead atoms. The molecule has 1 amide bonds. The van der Waals surface area contributed by atoms with Crippen LogP contribution in [-0.4, -0.2) is 47.2 Å². The fourth-order valence-corrected chi connectivity index (χ4v) is 7.76. The molecule has 2 aliphatic heterocycles. The van der Waals surface area contributed by atoms with Crippen LogP contribution in [0, 0.1) is 30.1 Å². The lowest BCUT2D eigenvalue weighted by Gasteiger charge is -2.60. The molecule has 1 aromatic rings. The van der Waals surface area contributed by atoms with Gasteiger partial charge in [0.2, 0.25) is 5.91 Å². The molecule has 5 nitrogen and oxygen atoms in total. The number of carbonyl (C=O) groups excluding carboxylic acids is 1. The molecular weight excluding hydrogens is 376 g/mol. The minimum absolute atomic E-state index is 0.0287. The summed E-state index contributed by atoms with van der Waals surface area (Å²) in [4.78, 5) is 19.9. The fraction of sp³-hybridized carbons (Fsp3) is 0.760. The number of likely N-dealkylation sites (tertiary alicyclic amines) is 1. The number of nitrogens with zero attached hydrogens (tertiary/aromatic N) is 2. The maximum atomic E-state index is 13.6. The van der Waals surface area contributed by atoms with Gasteiger partial charge in [-0.3, -0.25) is 9.78 Å². The van der Waals surface area contributed by atoms with Gasteiger partial charge in [0, 0.05) is 25.4 Å². The lowest BCUT2D eigenvalue weighted by Crippen LogP contribution is -2.70. The van der Waals surface area contributed by atoms with Gasteiger partial charge in [0.1, 0.15) is 5.60 Å². The van der Waals surface area contributed by atoms with E-state index in [2.05, 4.69) is 22.9 Å². The minimum Gasteiger partial charge on any atom is -0.373 e. The van der Waals surface area contributed by atoms with Gasteiger partial charge in [-0.05, 0) is 80.8 Å². The van der Waals surface area contributed by atoms with Gasteiger partial charge in [0.25, 0.3) is 0 Å². The van der Waals surface area contributed by atoms with Crippen LogP contribution in [0.3, 0.4) is 0 Å². The lowest BCUT2D eigenvalue weighted by atomic mass is 9.49. The third-order valence-corrected chi connectivity index (χ3v) is 8.60. The van der Waals surface area contributed by atoms with Crippen molar-refractivity contribution in [1.29, 1.82) is 0 Å². The Hall–Kier alpha value is -1.46. The molecule has 3 heterocycles. The van der Waals surface area contributed by atoms with Gasteiger partial charge in [-0.1, -0.05) is 6.07 Å². The van der Waals surface area contributed by atoms with Gasteiger partial charge in [0.05, 0.1) is 31.2 Å². The Balaban J connectivity index is 1.06. The zero-order valence-electron chi connectivity index (χ0n) is 18.1. The Morgan fingerprint density at radius 2 is 1.83 bits per heavy atom. The van der Waals surface area contributed by atoms with Crippen LogP contribution in [0.5, 0.6) is 0 Å². The van der Waals surface area contributed by atoms with E-state index in [1.165, 1.54) is 19.3 Å². The number of carbonyl (C=O) groups is 1. The Labute approximate surface area is 179 Å². The highest BCUT2D eigenvalue weighted by Gasteiger charge is 2.59. The van der Waals surface area contributed by atoms with E-state index in [9.17, 15) is 4.79 Å². The van der Waals surface area contributed by atoms with E-state index < -0.39 is 0 Å². The highest BCUT2D eigenvalue weighted by Crippen LogP contribution is 2.61. The molecule has 6 aliphatic rings. The Morgan fingerprint density at radius 1 is 1.13 bits per heavy atom. The van der Waals surface area contributed by atoms with Crippen LogP contribution in [0.25, 0.3) is 0 Å². The molecule has 30 heavy (non-hydrogen) atoms. The zero-order valence-corrected chi connectivity index (χ0v) is 18.1. The molecule has 0 radical (unpaired) electrons. The summed E-state index contributed by atoms with van der Waals surface area (Å²) in [5.41, 5.74) is 2.09. The second-order valence-electron chi connectivity index (χ2n) is 11.2. The molecule has 4 saturated carbocycles. The number of pyridine rings is 1. The fourth-order valence-electron chi connectivity index (χ4n) is 7.76. The normalized spacial score (nSPS) is 38.6. The first-order valence-electron chi connectivity index (χ1n) is 12.0. The number of ether oxygens (including phenoxy) is 2. The first-order chi connectivity index (χ1) is 14.5. The summed E-state index contributed by atoms with van der Waals surface area (Å²) >= 11 is 0. The molecule has 0 N–H and O–H groups in total. The van der Waals surface area contributed by atoms with Crippen LogP contribution in [0.15, 0.2) is 18.5 Å². The molecule has 5 heteroatoms. The van der Waals surface area contributed by atoms with Crippen LogP contribution in [-0.2, 0) is 20.9 Å². The second-order valence-corrected chi connectivity index (χ2v) is 11.2. The van der Waals surface area contributed by atoms with Gasteiger partial charge >= 0.3 is 0 Å². The van der Waals surface area contributed by atoms with Crippen molar-refractivity contribution in [3.8, 4) is 0 Å². The van der Waals surface area contributed by atoms with Crippen LogP contribution < -0.4 is 0 Å². The highest BCUT2D eigenvalue weighted by molar-refractivity contribution is 5.84. The van der Waals surface area contributed by atoms with Crippen LogP contribution >= 0.6 is 0 Å². The van der Waals surface area contributed by atoms with Crippen LogP contribution in [0.1, 0.15) is 62.5 Å². The first kappa shape index (κ1) is 19.2. The van der Waals surface area contributed by atoms with Gasteiger partial charge in [-0.2, -0.15) is 0 Å². The number of hydrogen-bond acceptors (Lipinski definition) is 4. The molecule has 1 spiro atoms. The molecular formula is C25H34N2O3. The largest absolute Gasteiger partial charge is 0.373 e. The number of hydrogen-bond donors (Lipinski definition) is 0. The monoisotopic (exact) mass is 410 g/mol. The van der Waals surface area contributed by atoms with Gasteiger partial charge < -0.3 is 14.4 Å². The van der Waals surface area contributed by atoms with Crippen molar-refractivity contribution >= 4 is 5.91 Å². The van der Waals surface area contributed by atoms with Crippen LogP contribution in [0.2, 0.25) is 0 Å². The second kappa shape index (κ2) is 7.03. The van der Waals surface area contributed by atoms with E-state index in [0.717, 1.165) is 80.7 Å². The smallest absolute Gasteiger partial charge is 0.229 e. The van der Waals surface area contributed by atoms with E-state index in [1.807, 2.05) is 12.4 Å². The molecule has 2 saturated heterocycles. The van der Waals surface area contributed by atoms with Crippen molar-refractivity contribution in [3.63, 3.8) is 0 Å². The molecule has 6 fully saturated rings. The average Bonchev–Trinajstić information content (AvgIpc) is 2.69. The quantitative estimate of drug-likeness (QED) is 0.756. The summed E-state index contributed by atoms with van der Waals surface area (Å²) in [7, 11) is 0. The van der Waals surface area contributed by atoms with Crippen molar-refractivity contribution < 1.29 is 14.3 Å². The minimum atomic E-state index is -0.175. The van der Waals surface area contributed by atoms with Crippen LogP contribution in [0.4, 0.5) is 0 Å². The van der Waals surface area contributed by atoms with E-state index in [1.54, 1.807) is 0 Å². The molecule has 0 aromatic carbocycles. The van der Waals surface area contributed by atoms with Crippen molar-refractivity contribution in [1.82, 2.24) is 9.88 Å². The third-order valence-electron chi connectivity index (χ3n) is 8.60. The Kier molecular flexibility index (Phi) is 4.51. The van der Waals surface area contributed by atoms with Crippen molar-refractivity contribution in [3.05, 3.63) is 29.6 Å². The molecule has 1 atom stereocenters. The number of rotatable bonds is 4. The van der Waals surface area contributed by atoms with Crippen molar-refractivity contribution in [2.24, 2.45) is 23.2 Å². The summed E-state index contributed by atoms with van der Waals surface area (Å²) in [6.07, 6.45) is 13.4. The Morgan fingerprint density at radius 3 is 2.50 bits per heavy atom. The predicted octanol–water partition coefficient (Wildman–Crippen LogP) is 3.88. The van der Waals surface area contributed by atoms with E-state index >= 15 is 0 Å². The summed E-state index contributed by atoms with van der Waals surface area (Å²) < 4.78 is 12.4. The molecule has 1 aromatic heterocycles. The Bertz CT molecular complexity index is 796. The SMILES string of the molecule is Cc1cncc(CO[C@@H]2CCOC3(C2)CN(C(=O)C24CC5CC(CC(C5)C2)C4)C3)c1. The maximum absolute atomic E-state index is 13.6. The summed E-state index contributed by atoms with van der Waals surface area (Å²) in [5, 5.41) is 0. The van der Waals surface area contributed by atoms with Crippen molar-refractivity contribution in [2.45, 2.75) is 76.6 Å². The molecule has 162 valence electrons. The van der Waals surface area contributed by atoms with Gasteiger partial charge in [-0.25, -0.2) is 0 Å². The molecule has 4 aliphatic carbocycles. The van der Waals surface area contributed by atoms with E-state index in [4.69, 9.17) is 9.47 Å². The number of amides is 1.